The molecule has 1 spiro atoms. The van der Waals surface area contributed by atoms with Gasteiger partial charge in [0.1, 0.15) is 0 Å². The molecule has 0 radical (unpaired) electrons. The molecule has 0 amide bonds. The molecule has 8 aliphatic rings. The molecule has 0 aliphatic heterocycles. The Hall–Kier alpha value is -11.7. The van der Waals surface area contributed by atoms with E-state index >= 15 is 0 Å². The molecule has 15 aromatic rings. The van der Waals surface area contributed by atoms with Gasteiger partial charge < -0.3 is 0 Å². The molecule has 0 heterocycles. The van der Waals surface area contributed by atoms with Crippen LogP contribution in [0.1, 0.15) is 435 Å². The van der Waals surface area contributed by atoms with Crippen molar-refractivity contribution >= 4 is 0 Å². The van der Waals surface area contributed by atoms with Crippen LogP contribution in [0.25, 0.3) is 100 Å². The van der Waals surface area contributed by atoms with Crippen LogP contribution in [0.4, 0.5) is 0 Å². The van der Waals surface area contributed by atoms with Crippen molar-refractivity contribution in [2.75, 3.05) is 0 Å². The van der Waals surface area contributed by atoms with Gasteiger partial charge in [-0.25, -0.2) is 0 Å². The van der Waals surface area contributed by atoms with Gasteiger partial charge in [-0.15, -0.1) is 0 Å². The first-order valence-electron chi connectivity index (χ1n) is 59.6. The van der Waals surface area contributed by atoms with Crippen LogP contribution < -0.4 is 0 Å². The predicted octanol–water partition coefficient (Wildman–Crippen LogP) is 49.5. The highest BCUT2D eigenvalue weighted by Crippen LogP contribution is 2.63. The Balaban J connectivity index is -0.000000302. The molecular formula is C147H218. The summed E-state index contributed by atoms with van der Waals surface area (Å²) in [5.41, 5.74) is 48.5. The zero-order valence-electron chi connectivity index (χ0n) is 104. The zero-order chi connectivity index (χ0) is 114. The maximum absolute atomic E-state index is 2.43. The number of hydrogen-bond donors (Lipinski definition) is 0. The van der Waals surface area contributed by atoms with Gasteiger partial charge in [-0.2, -0.15) is 0 Å². The normalized spacial score (nSPS) is 9.86. The highest BCUT2D eigenvalue weighted by atomic mass is 14.5. The molecule has 0 aromatic heterocycles. The van der Waals surface area contributed by atoms with Crippen molar-refractivity contribution in [1.29, 1.82) is 0 Å². The Bertz CT molecular complexity index is 5260. The van der Waals surface area contributed by atoms with Gasteiger partial charge in [0.2, 0.25) is 0 Å². The lowest BCUT2D eigenvalue weighted by Gasteiger charge is -2.30. The SMILES string of the molecule is CC.CC.CC.CC.CC.CC.CC.CC.CC.CC.CC.CC.CC.CC.CC.CC.CC.CC.CC.CC.CC.CC.CC.CC.CC.c1ccc(-c2ccc3c(c2)-c2ccccc2C3)cc1.c1ccc2c(c1)-c1ccccc1C21c2ccccc2-c2ccccc21.c1ccc2c(c1)Cc1c-2ccc2c1Cc1ccccc1-2.c1ccc2c(c1)Cc1cc3c(cc1-2)Cc1ccccc1-3.c1ccc2c(c1)Cc1ccccc1-2. The van der Waals surface area contributed by atoms with Crippen LogP contribution in [-0.2, 0) is 43.9 Å². The minimum atomic E-state index is -0.180. The van der Waals surface area contributed by atoms with E-state index < -0.39 is 0 Å². The molecule has 0 nitrogen and oxygen atoms in total. The smallest absolute Gasteiger partial charge is 0.0683 e. The van der Waals surface area contributed by atoms with E-state index in [1.165, 1.54) is 178 Å². The Kier molecular flexibility index (Phi) is 96.0. The standard InChI is InChI=1S/C25H16.2C20H14.C19H14.C13H10.25C2H6/c1-5-13-21-17(9-1)18-10-2-6-14-22(18)25(21)23-15-7-3-11-19(23)20-12-4-8-16-24(20)25;1-3-7-17-13(5-1)9-15-11-20-16(12-19(15)17)10-14-6-2-4-8-18(14)20;1-3-7-15-13(5-1)11-19-17(15)9-10-18-16-8-4-2-6-14(16)12-20(18)19;1-2-6-14(7-3-1)15-10-11-17-12-16-8-4-5-9-18(16)19(17)13-15;1-3-7-12-10(5-1)9-11-6-2-4-8-13(11)12;25*1-2/h1-16H;1-8,11-12H,9-10H2;1-10H,11-12H2;1-11,13H,12H2;1-8H,9H2;25*1-2H3. The minimum absolute atomic E-state index is 0.180. The van der Waals surface area contributed by atoms with E-state index in [-0.39, 0.29) is 5.41 Å². The van der Waals surface area contributed by atoms with Gasteiger partial charge in [0.15, 0.2) is 0 Å². The summed E-state index contributed by atoms with van der Waals surface area (Å²) in [6.07, 6.45) is 6.54. The first kappa shape index (κ1) is 148. The topological polar surface area (TPSA) is 0 Å². The van der Waals surface area contributed by atoms with Crippen LogP contribution in [0.5, 0.6) is 0 Å². The molecule has 0 unspecified atom stereocenters. The summed E-state index contributed by atoms with van der Waals surface area (Å²) in [4.78, 5) is 0. The average Bonchev–Trinajstić information content (AvgIpc) is 1.51. The quantitative estimate of drug-likeness (QED) is 0.154. The second kappa shape index (κ2) is 95.2. The molecular weight excluding hydrogens is 1770 g/mol. The van der Waals surface area contributed by atoms with Crippen molar-refractivity contribution in [3.05, 3.63) is 429 Å². The lowest BCUT2D eigenvalue weighted by atomic mass is 9.70. The zero-order valence-corrected chi connectivity index (χ0v) is 104. The first-order valence-corrected chi connectivity index (χ1v) is 59.6. The first-order chi connectivity index (χ1) is 73.1. The Morgan fingerprint density at radius 2 is 0.272 bits per heavy atom. The number of hydrogen-bond acceptors (Lipinski definition) is 0. The van der Waals surface area contributed by atoms with Gasteiger partial charge >= 0.3 is 0 Å². The fraction of sp³-hybridized carbons (Fsp3) is 0.388. The molecule has 23 rings (SSSR count). The van der Waals surface area contributed by atoms with Crippen LogP contribution in [0, 0.1) is 0 Å². The van der Waals surface area contributed by atoms with E-state index in [1.54, 1.807) is 11.1 Å². The molecule has 8 aliphatic carbocycles. The predicted molar refractivity (Wildman–Crippen MR) is 687 cm³/mol. The van der Waals surface area contributed by atoms with Crippen molar-refractivity contribution < 1.29 is 0 Å². The maximum atomic E-state index is 2.43. The third-order valence-corrected chi connectivity index (χ3v) is 22.0. The van der Waals surface area contributed by atoms with E-state index in [0.717, 1.165) is 38.5 Å². The van der Waals surface area contributed by atoms with Gasteiger partial charge in [-0.05, 0) is 246 Å². The largest absolute Gasteiger partial charge is 0.0725 e. The molecule has 0 N–H and O–H groups in total. The molecule has 0 atom stereocenters. The van der Waals surface area contributed by atoms with E-state index in [4.69, 9.17) is 0 Å². The van der Waals surface area contributed by atoms with E-state index in [2.05, 4.69) is 340 Å². The Morgan fingerprint density at radius 3 is 0.503 bits per heavy atom. The molecule has 0 bridgehead atoms. The van der Waals surface area contributed by atoms with Gasteiger partial charge in [0, 0.05) is 0 Å². The van der Waals surface area contributed by atoms with Crippen LogP contribution in [0.3, 0.4) is 0 Å². The van der Waals surface area contributed by atoms with Gasteiger partial charge in [-0.1, -0.05) is 668 Å². The minimum Gasteiger partial charge on any atom is -0.0683 e. The summed E-state index contributed by atoms with van der Waals surface area (Å²) >= 11 is 0. The fourth-order valence-corrected chi connectivity index (χ4v) is 17.7. The number of rotatable bonds is 1. The average molecular weight is 1990 g/mol. The lowest BCUT2D eigenvalue weighted by molar-refractivity contribution is 0.794. The third kappa shape index (κ3) is 38.4. The third-order valence-electron chi connectivity index (χ3n) is 22.0. The fourth-order valence-electron chi connectivity index (χ4n) is 17.7. The van der Waals surface area contributed by atoms with Crippen molar-refractivity contribution in [3.63, 3.8) is 0 Å². The Labute approximate surface area is 912 Å². The molecule has 806 valence electrons. The van der Waals surface area contributed by atoms with Gasteiger partial charge in [-0.3, -0.25) is 0 Å². The highest BCUT2D eigenvalue weighted by molar-refractivity contribution is 5.95. The summed E-state index contributed by atoms with van der Waals surface area (Å²) in [6, 6.07) is 124. The molecule has 147 heavy (non-hydrogen) atoms. The van der Waals surface area contributed by atoms with Crippen molar-refractivity contribution in [1.82, 2.24) is 0 Å². The molecule has 15 aromatic carbocycles. The van der Waals surface area contributed by atoms with E-state index in [9.17, 15) is 0 Å². The summed E-state index contributed by atoms with van der Waals surface area (Å²) in [5.74, 6) is 0. The maximum Gasteiger partial charge on any atom is 0.0725 e. The van der Waals surface area contributed by atoms with Crippen molar-refractivity contribution in [2.45, 2.75) is 390 Å². The summed E-state index contributed by atoms with van der Waals surface area (Å²) in [6.45, 7) is 100. The van der Waals surface area contributed by atoms with Gasteiger partial charge in [0.05, 0.1) is 5.41 Å². The van der Waals surface area contributed by atoms with Crippen molar-refractivity contribution in [2.24, 2.45) is 0 Å². The van der Waals surface area contributed by atoms with E-state index in [0.29, 0.717) is 0 Å². The van der Waals surface area contributed by atoms with E-state index in [1.807, 2.05) is 346 Å². The van der Waals surface area contributed by atoms with Crippen LogP contribution in [-0.4, -0.2) is 0 Å². The van der Waals surface area contributed by atoms with Gasteiger partial charge in [0.25, 0.3) is 0 Å². The second-order valence-corrected chi connectivity index (χ2v) is 27.1. The summed E-state index contributed by atoms with van der Waals surface area (Å²) in [5, 5.41) is 0. The number of fused-ring (bicyclic) bond motifs is 29. The van der Waals surface area contributed by atoms with Crippen LogP contribution >= 0.6 is 0 Å². The molecule has 0 saturated carbocycles. The monoisotopic (exact) mass is 1980 g/mol. The Morgan fingerprint density at radius 1 is 0.109 bits per heavy atom. The highest BCUT2D eigenvalue weighted by Gasteiger charge is 2.51. The second-order valence-electron chi connectivity index (χ2n) is 27.1. The van der Waals surface area contributed by atoms with Crippen molar-refractivity contribution in [3.8, 4) is 100 Å². The summed E-state index contributed by atoms with van der Waals surface area (Å²) in [7, 11) is 0. The van der Waals surface area contributed by atoms with Crippen LogP contribution in [0.15, 0.2) is 340 Å². The van der Waals surface area contributed by atoms with Crippen LogP contribution in [0.2, 0.25) is 0 Å². The summed E-state index contributed by atoms with van der Waals surface area (Å²) < 4.78 is 0. The lowest BCUT2D eigenvalue weighted by Crippen LogP contribution is -2.25. The number of benzene rings is 15. The molecule has 0 heteroatoms. The molecule has 0 fully saturated rings. The molecule has 0 saturated heterocycles.